The van der Waals surface area contributed by atoms with Crippen LogP contribution in [0, 0.1) is 12.7 Å². The van der Waals surface area contributed by atoms with E-state index in [1.165, 1.54) is 16.7 Å². The minimum atomic E-state index is -0.597. The Labute approximate surface area is 166 Å². The summed E-state index contributed by atoms with van der Waals surface area (Å²) in [5, 5.41) is 11.4. The van der Waals surface area contributed by atoms with Crippen molar-refractivity contribution in [3.63, 3.8) is 0 Å². The van der Waals surface area contributed by atoms with Gasteiger partial charge in [-0.1, -0.05) is 17.7 Å². The molecule has 2 heterocycles. The zero-order chi connectivity index (χ0) is 20.3. The third-order valence-corrected chi connectivity index (χ3v) is 4.84. The molecule has 0 atom stereocenters. The van der Waals surface area contributed by atoms with Crippen LogP contribution in [0.25, 0.3) is 0 Å². The fourth-order valence-electron chi connectivity index (χ4n) is 3.16. The number of aliphatic hydroxyl groups excluding tert-OH is 1. The Hall–Kier alpha value is -2.42. The third-order valence-electron chi connectivity index (χ3n) is 4.49. The fourth-order valence-corrected chi connectivity index (χ4v) is 3.40. The molecule has 28 heavy (non-hydrogen) atoms. The molecule has 3 rings (SSSR count). The average Bonchev–Trinajstić information content (AvgIpc) is 3.14. The summed E-state index contributed by atoms with van der Waals surface area (Å²) in [5.41, 5.74) is 3.42. The number of hydrogen-bond acceptors (Lipinski definition) is 5. The SMILES string of the molecule is Cc1ccc(Nc2c(C(=O)NOCCCO)c3n(c(=O)c2Cl)CCC3)c(F)c1. The largest absolute Gasteiger partial charge is 0.396 e. The van der Waals surface area contributed by atoms with E-state index in [4.69, 9.17) is 21.5 Å². The number of carbonyl (C=O) groups excluding carboxylic acids is 1. The molecule has 150 valence electrons. The number of fused-ring (bicyclic) bond motifs is 1. The number of aliphatic hydroxyl groups is 1. The average molecular weight is 410 g/mol. The summed E-state index contributed by atoms with van der Waals surface area (Å²) in [7, 11) is 0. The predicted octanol–water partition coefficient (Wildman–Crippen LogP) is 2.68. The molecule has 1 aromatic carbocycles. The van der Waals surface area contributed by atoms with Crippen LogP contribution in [-0.4, -0.2) is 28.8 Å². The molecule has 1 aliphatic heterocycles. The van der Waals surface area contributed by atoms with Crippen LogP contribution in [0.5, 0.6) is 0 Å². The van der Waals surface area contributed by atoms with Crippen LogP contribution in [0.4, 0.5) is 15.8 Å². The zero-order valence-electron chi connectivity index (χ0n) is 15.3. The lowest BCUT2D eigenvalue weighted by molar-refractivity contribution is 0.0261. The van der Waals surface area contributed by atoms with Gasteiger partial charge in [0.15, 0.2) is 0 Å². The Kier molecular flexibility index (Phi) is 6.33. The van der Waals surface area contributed by atoms with E-state index in [1.807, 2.05) is 0 Å². The van der Waals surface area contributed by atoms with Gasteiger partial charge in [-0.05, 0) is 43.9 Å². The molecule has 1 amide bonds. The number of rotatable bonds is 7. The number of hydrogen-bond donors (Lipinski definition) is 3. The Balaban J connectivity index is 2.03. The van der Waals surface area contributed by atoms with Gasteiger partial charge in [0.2, 0.25) is 0 Å². The second kappa shape index (κ2) is 8.72. The molecule has 2 aromatic rings. The molecule has 9 heteroatoms. The Morgan fingerprint density at radius 1 is 1.43 bits per heavy atom. The number of amides is 1. The monoisotopic (exact) mass is 409 g/mol. The molecule has 0 saturated carbocycles. The van der Waals surface area contributed by atoms with Gasteiger partial charge >= 0.3 is 0 Å². The van der Waals surface area contributed by atoms with E-state index in [-0.39, 0.29) is 35.2 Å². The number of hydroxylamine groups is 1. The molecule has 7 nitrogen and oxygen atoms in total. The smallest absolute Gasteiger partial charge is 0.278 e. The van der Waals surface area contributed by atoms with Gasteiger partial charge in [0.25, 0.3) is 11.5 Å². The van der Waals surface area contributed by atoms with E-state index < -0.39 is 17.3 Å². The molecule has 0 aliphatic carbocycles. The second-order valence-corrected chi connectivity index (χ2v) is 6.91. The van der Waals surface area contributed by atoms with E-state index in [9.17, 15) is 14.0 Å². The highest BCUT2D eigenvalue weighted by Crippen LogP contribution is 2.33. The van der Waals surface area contributed by atoms with Crippen molar-refractivity contribution in [2.24, 2.45) is 0 Å². The number of nitrogens with zero attached hydrogens (tertiary/aromatic N) is 1. The summed E-state index contributed by atoms with van der Waals surface area (Å²) in [4.78, 5) is 30.4. The maximum atomic E-state index is 14.3. The molecule has 0 unspecified atom stereocenters. The van der Waals surface area contributed by atoms with Crippen molar-refractivity contribution >= 4 is 28.9 Å². The molecule has 0 saturated heterocycles. The van der Waals surface area contributed by atoms with Gasteiger partial charge < -0.3 is 15.0 Å². The summed E-state index contributed by atoms with van der Waals surface area (Å²) in [6.07, 6.45) is 1.56. The highest BCUT2D eigenvalue weighted by Gasteiger charge is 2.28. The fraction of sp³-hybridized carbons (Fsp3) is 0.368. The first kappa shape index (κ1) is 20.3. The van der Waals surface area contributed by atoms with Gasteiger partial charge in [-0.25, -0.2) is 9.87 Å². The Bertz CT molecular complexity index is 961. The summed E-state index contributed by atoms with van der Waals surface area (Å²) in [6, 6.07) is 4.57. The number of carbonyl (C=O) groups is 1. The molecule has 0 bridgehead atoms. The van der Waals surface area contributed by atoms with Crippen LogP contribution >= 0.6 is 11.6 Å². The number of aromatic nitrogens is 1. The summed E-state index contributed by atoms with van der Waals surface area (Å²) >= 11 is 6.27. The van der Waals surface area contributed by atoms with Gasteiger partial charge in [0, 0.05) is 18.8 Å². The van der Waals surface area contributed by atoms with Crippen molar-refractivity contribution in [3.05, 3.63) is 56.2 Å². The van der Waals surface area contributed by atoms with Crippen molar-refractivity contribution in [2.45, 2.75) is 32.7 Å². The van der Waals surface area contributed by atoms with Crippen LogP contribution in [-0.2, 0) is 17.8 Å². The van der Waals surface area contributed by atoms with E-state index in [1.54, 1.807) is 13.0 Å². The quantitative estimate of drug-likeness (QED) is 0.483. The van der Waals surface area contributed by atoms with Crippen molar-refractivity contribution in [1.29, 1.82) is 0 Å². The van der Waals surface area contributed by atoms with E-state index in [0.717, 1.165) is 5.56 Å². The zero-order valence-corrected chi connectivity index (χ0v) is 16.1. The third kappa shape index (κ3) is 4.04. The number of pyridine rings is 1. The number of halogens is 2. The first-order valence-corrected chi connectivity index (χ1v) is 9.33. The van der Waals surface area contributed by atoms with Gasteiger partial charge in [0.1, 0.15) is 10.8 Å². The van der Waals surface area contributed by atoms with Crippen LogP contribution in [0.15, 0.2) is 23.0 Å². The highest BCUT2D eigenvalue weighted by atomic mass is 35.5. The lowest BCUT2D eigenvalue weighted by Gasteiger charge is -2.18. The minimum absolute atomic E-state index is 0.0471. The molecule has 0 radical (unpaired) electrons. The second-order valence-electron chi connectivity index (χ2n) is 6.54. The summed E-state index contributed by atoms with van der Waals surface area (Å²) < 4.78 is 15.8. The molecular weight excluding hydrogens is 389 g/mol. The number of benzene rings is 1. The van der Waals surface area contributed by atoms with Crippen LogP contribution in [0.3, 0.4) is 0 Å². The van der Waals surface area contributed by atoms with Crippen LogP contribution in [0.1, 0.15) is 34.5 Å². The Morgan fingerprint density at radius 2 is 2.21 bits per heavy atom. The van der Waals surface area contributed by atoms with Crippen molar-refractivity contribution in [1.82, 2.24) is 10.0 Å². The predicted molar refractivity (Wildman–Crippen MR) is 104 cm³/mol. The number of anilines is 2. The number of nitrogens with one attached hydrogen (secondary N) is 2. The van der Waals surface area contributed by atoms with Crippen LogP contribution in [0.2, 0.25) is 5.02 Å². The van der Waals surface area contributed by atoms with E-state index in [0.29, 0.717) is 31.5 Å². The molecule has 0 fully saturated rings. The molecule has 0 spiro atoms. The lowest BCUT2D eigenvalue weighted by Crippen LogP contribution is -2.31. The summed E-state index contributed by atoms with van der Waals surface area (Å²) in [5.74, 6) is -1.12. The first-order valence-electron chi connectivity index (χ1n) is 8.95. The van der Waals surface area contributed by atoms with Gasteiger partial charge in [0.05, 0.1) is 23.5 Å². The molecular formula is C19H21ClFN3O4. The lowest BCUT2D eigenvalue weighted by atomic mass is 10.1. The maximum absolute atomic E-state index is 14.3. The molecule has 3 N–H and O–H groups in total. The standard InChI is InChI=1S/C19H21ClFN3O4/c1-11-5-6-13(12(21)10-11)22-17-15(18(26)23-28-9-3-8-25)14-4-2-7-24(14)19(27)16(17)20/h5-6,10,22,25H,2-4,7-9H2,1H3,(H,23,26). The molecule has 1 aliphatic rings. The van der Waals surface area contributed by atoms with E-state index in [2.05, 4.69) is 10.8 Å². The van der Waals surface area contributed by atoms with Crippen molar-refractivity contribution < 1.29 is 19.1 Å². The highest BCUT2D eigenvalue weighted by molar-refractivity contribution is 6.34. The normalized spacial score (nSPS) is 12.7. The first-order chi connectivity index (χ1) is 13.4. The van der Waals surface area contributed by atoms with Crippen molar-refractivity contribution in [3.8, 4) is 0 Å². The minimum Gasteiger partial charge on any atom is -0.396 e. The summed E-state index contributed by atoms with van der Waals surface area (Å²) in [6.45, 7) is 2.26. The Morgan fingerprint density at radius 3 is 2.93 bits per heavy atom. The maximum Gasteiger partial charge on any atom is 0.278 e. The van der Waals surface area contributed by atoms with Gasteiger partial charge in [-0.2, -0.15) is 0 Å². The molecule has 1 aromatic heterocycles. The topological polar surface area (TPSA) is 92.6 Å². The van der Waals surface area contributed by atoms with E-state index >= 15 is 0 Å². The van der Waals surface area contributed by atoms with Gasteiger partial charge in [-0.15, -0.1) is 0 Å². The van der Waals surface area contributed by atoms with Crippen molar-refractivity contribution in [2.75, 3.05) is 18.5 Å². The van der Waals surface area contributed by atoms with Gasteiger partial charge in [-0.3, -0.25) is 14.4 Å². The van der Waals surface area contributed by atoms with Crippen LogP contribution < -0.4 is 16.4 Å². The number of aryl methyl sites for hydroxylation is 1.